The zero-order valence-corrected chi connectivity index (χ0v) is 10.3. The second kappa shape index (κ2) is 3.98. The fourth-order valence-corrected chi connectivity index (χ4v) is 1.96. The van der Waals surface area contributed by atoms with Gasteiger partial charge in [-0.2, -0.15) is 0 Å². The van der Waals surface area contributed by atoms with Crippen LogP contribution in [0.5, 0.6) is 0 Å². The van der Waals surface area contributed by atoms with Crippen LogP contribution < -0.4 is 5.56 Å². The highest BCUT2D eigenvalue weighted by molar-refractivity contribution is 5.75. The van der Waals surface area contributed by atoms with Gasteiger partial charge >= 0.3 is 5.97 Å². The molecular weight excluding hydrogens is 220 g/mol. The van der Waals surface area contributed by atoms with Gasteiger partial charge in [0, 0.05) is 18.7 Å². The van der Waals surface area contributed by atoms with Crippen LogP contribution in [0.15, 0.2) is 17.1 Å². The Kier molecular flexibility index (Phi) is 2.77. The zero-order valence-electron chi connectivity index (χ0n) is 10.3. The second-order valence-electron chi connectivity index (χ2n) is 5.16. The van der Waals surface area contributed by atoms with E-state index < -0.39 is 11.6 Å². The van der Waals surface area contributed by atoms with Gasteiger partial charge in [0.25, 0.3) is 5.56 Å². The van der Waals surface area contributed by atoms with Crippen LogP contribution in [0.1, 0.15) is 39.1 Å². The SMILES string of the molecule is CC(C)(C)OC(=O)[C@@H]1CCc2nccc(=O)n21. The van der Waals surface area contributed by atoms with Crippen molar-refractivity contribution in [2.45, 2.75) is 45.3 Å². The van der Waals surface area contributed by atoms with Crippen LogP contribution >= 0.6 is 0 Å². The van der Waals surface area contributed by atoms with Gasteiger partial charge in [-0.25, -0.2) is 9.78 Å². The van der Waals surface area contributed by atoms with E-state index in [-0.39, 0.29) is 11.5 Å². The Morgan fingerprint density at radius 3 is 2.88 bits per heavy atom. The second-order valence-corrected chi connectivity index (χ2v) is 5.16. The third-order valence-electron chi connectivity index (χ3n) is 2.59. The number of ether oxygens (including phenoxy) is 1. The Labute approximate surface area is 99.4 Å². The molecule has 0 fully saturated rings. The fraction of sp³-hybridized carbons (Fsp3) is 0.583. The lowest BCUT2D eigenvalue weighted by molar-refractivity contribution is -0.158. The van der Waals surface area contributed by atoms with Gasteiger partial charge in [0.05, 0.1) is 0 Å². The molecular formula is C12H16N2O3. The van der Waals surface area contributed by atoms with E-state index in [9.17, 15) is 9.59 Å². The molecule has 0 aromatic carbocycles. The minimum Gasteiger partial charge on any atom is -0.458 e. The fourth-order valence-electron chi connectivity index (χ4n) is 1.96. The summed E-state index contributed by atoms with van der Waals surface area (Å²) >= 11 is 0. The van der Waals surface area contributed by atoms with Gasteiger partial charge < -0.3 is 4.74 Å². The maximum Gasteiger partial charge on any atom is 0.329 e. The van der Waals surface area contributed by atoms with Crippen molar-refractivity contribution in [3.63, 3.8) is 0 Å². The van der Waals surface area contributed by atoms with Crippen molar-refractivity contribution < 1.29 is 9.53 Å². The summed E-state index contributed by atoms with van der Waals surface area (Å²) in [6.45, 7) is 5.44. The molecule has 0 spiro atoms. The van der Waals surface area contributed by atoms with E-state index in [1.165, 1.54) is 16.8 Å². The molecule has 0 saturated heterocycles. The molecule has 2 rings (SSSR count). The smallest absolute Gasteiger partial charge is 0.329 e. The number of esters is 1. The van der Waals surface area contributed by atoms with Crippen molar-refractivity contribution in [2.24, 2.45) is 0 Å². The summed E-state index contributed by atoms with van der Waals surface area (Å²) in [4.78, 5) is 27.8. The number of aromatic nitrogens is 2. The van der Waals surface area contributed by atoms with E-state index in [2.05, 4.69) is 4.98 Å². The van der Waals surface area contributed by atoms with E-state index >= 15 is 0 Å². The van der Waals surface area contributed by atoms with Gasteiger partial charge in [-0.15, -0.1) is 0 Å². The molecule has 0 bridgehead atoms. The van der Waals surface area contributed by atoms with Gasteiger partial charge in [0.15, 0.2) is 0 Å². The van der Waals surface area contributed by atoms with Crippen LogP contribution in [0.2, 0.25) is 0 Å². The molecule has 0 amide bonds. The minimum atomic E-state index is -0.536. The zero-order chi connectivity index (χ0) is 12.6. The topological polar surface area (TPSA) is 61.2 Å². The first-order valence-corrected chi connectivity index (χ1v) is 5.68. The maximum absolute atomic E-state index is 12.0. The number of nitrogens with zero attached hydrogens (tertiary/aromatic N) is 2. The molecule has 5 heteroatoms. The van der Waals surface area contributed by atoms with Crippen molar-refractivity contribution in [3.05, 3.63) is 28.4 Å². The monoisotopic (exact) mass is 236 g/mol. The van der Waals surface area contributed by atoms with Crippen LogP contribution in [0, 0.1) is 0 Å². The van der Waals surface area contributed by atoms with E-state index in [0.717, 1.165) is 0 Å². The third kappa shape index (κ3) is 2.38. The van der Waals surface area contributed by atoms with Crippen molar-refractivity contribution in [2.75, 3.05) is 0 Å². The first-order chi connectivity index (χ1) is 7.88. The predicted molar refractivity (Wildman–Crippen MR) is 61.7 cm³/mol. The van der Waals surface area contributed by atoms with Crippen molar-refractivity contribution in [1.82, 2.24) is 9.55 Å². The van der Waals surface area contributed by atoms with Crippen LogP contribution in [0.25, 0.3) is 0 Å². The molecule has 92 valence electrons. The summed E-state index contributed by atoms with van der Waals surface area (Å²) in [6, 6.07) is 0.844. The third-order valence-corrected chi connectivity index (χ3v) is 2.59. The predicted octanol–water partition coefficient (Wildman–Crippen LogP) is 1.07. The molecule has 0 unspecified atom stereocenters. The summed E-state index contributed by atoms with van der Waals surface area (Å²) in [6.07, 6.45) is 2.70. The van der Waals surface area contributed by atoms with Gasteiger partial charge in [-0.1, -0.05) is 0 Å². The molecule has 0 saturated carbocycles. The average Bonchev–Trinajstić information content (AvgIpc) is 2.60. The summed E-state index contributed by atoms with van der Waals surface area (Å²) in [5.41, 5.74) is -0.727. The molecule has 1 aliphatic heterocycles. The minimum absolute atomic E-state index is 0.191. The number of fused-ring (bicyclic) bond motifs is 1. The standard InChI is InChI=1S/C12H16N2O3/c1-12(2,3)17-11(16)8-4-5-9-13-7-6-10(15)14(8)9/h6-8H,4-5H2,1-3H3/t8-/m0/s1. The van der Waals surface area contributed by atoms with E-state index in [1.54, 1.807) is 0 Å². The van der Waals surface area contributed by atoms with Gasteiger partial charge in [0.2, 0.25) is 0 Å². The van der Waals surface area contributed by atoms with Crippen LogP contribution in [0.4, 0.5) is 0 Å². The quantitative estimate of drug-likeness (QED) is 0.684. The summed E-state index contributed by atoms with van der Waals surface area (Å²) in [7, 11) is 0. The Morgan fingerprint density at radius 2 is 2.24 bits per heavy atom. The molecule has 1 aliphatic rings. The molecule has 0 aliphatic carbocycles. The lowest BCUT2D eigenvalue weighted by atomic mass is 10.1. The highest BCUT2D eigenvalue weighted by atomic mass is 16.6. The molecule has 1 aromatic rings. The number of rotatable bonds is 1. The van der Waals surface area contributed by atoms with E-state index in [0.29, 0.717) is 18.7 Å². The lowest BCUT2D eigenvalue weighted by Crippen LogP contribution is -2.33. The number of carbonyl (C=O) groups is 1. The first-order valence-electron chi connectivity index (χ1n) is 5.68. The van der Waals surface area contributed by atoms with Crippen molar-refractivity contribution in [1.29, 1.82) is 0 Å². The van der Waals surface area contributed by atoms with Gasteiger partial charge in [0.1, 0.15) is 17.5 Å². The molecule has 1 aromatic heterocycles. The number of carbonyl (C=O) groups excluding carboxylic acids is 1. The first kappa shape index (κ1) is 11.8. The maximum atomic E-state index is 12.0. The number of hydrogen-bond donors (Lipinski definition) is 0. The Morgan fingerprint density at radius 1 is 1.53 bits per heavy atom. The van der Waals surface area contributed by atoms with Crippen molar-refractivity contribution >= 4 is 5.97 Å². The van der Waals surface area contributed by atoms with Gasteiger partial charge in [-0.05, 0) is 27.2 Å². The average molecular weight is 236 g/mol. The Balaban J connectivity index is 2.28. The van der Waals surface area contributed by atoms with Crippen LogP contribution in [0.3, 0.4) is 0 Å². The molecule has 0 radical (unpaired) electrons. The molecule has 17 heavy (non-hydrogen) atoms. The van der Waals surface area contributed by atoms with E-state index in [1.807, 2.05) is 20.8 Å². The summed E-state index contributed by atoms with van der Waals surface area (Å²) < 4.78 is 6.75. The summed E-state index contributed by atoms with van der Waals surface area (Å²) in [5.74, 6) is 0.305. The highest BCUT2D eigenvalue weighted by Gasteiger charge is 2.33. The molecule has 5 nitrogen and oxygen atoms in total. The highest BCUT2D eigenvalue weighted by Crippen LogP contribution is 2.24. The molecule has 1 atom stereocenters. The van der Waals surface area contributed by atoms with Crippen molar-refractivity contribution in [3.8, 4) is 0 Å². The van der Waals surface area contributed by atoms with Crippen LogP contribution in [-0.4, -0.2) is 21.1 Å². The number of aryl methyl sites for hydroxylation is 1. The number of hydrogen-bond acceptors (Lipinski definition) is 4. The largest absolute Gasteiger partial charge is 0.458 e. The lowest BCUT2D eigenvalue weighted by Gasteiger charge is -2.22. The summed E-state index contributed by atoms with van der Waals surface area (Å²) in [5, 5.41) is 0. The van der Waals surface area contributed by atoms with E-state index in [4.69, 9.17) is 4.74 Å². The molecule has 2 heterocycles. The Bertz CT molecular complexity index is 499. The van der Waals surface area contributed by atoms with Gasteiger partial charge in [-0.3, -0.25) is 9.36 Å². The Hall–Kier alpha value is -1.65. The molecule has 0 N–H and O–H groups in total. The normalized spacial score (nSPS) is 18.9. The van der Waals surface area contributed by atoms with Crippen LogP contribution in [-0.2, 0) is 16.0 Å².